The molecule has 1 atom stereocenters. The lowest BCUT2D eigenvalue weighted by atomic mass is 10.1. The summed E-state index contributed by atoms with van der Waals surface area (Å²) in [5, 5.41) is 5.03. The Morgan fingerprint density at radius 1 is 1.11 bits per heavy atom. The molecule has 1 fully saturated rings. The van der Waals surface area contributed by atoms with Crippen LogP contribution < -0.4 is 5.32 Å². The smallest absolute Gasteiger partial charge is 0.149 e. The van der Waals surface area contributed by atoms with Gasteiger partial charge in [-0.2, -0.15) is 0 Å². The highest BCUT2D eigenvalue weighted by molar-refractivity contribution is 7.10. The first-order valence-corrected chi connectivity index (χ1v) is 6.87. The van der Waals surface area contributed by atoms with Gasteiger partial charge in [0.2, 0.25) is 0 Å². The van der Waals surface area contributed by atoms with Crippen LogP contribution in [0.15, 0.2) is 35.7 Å². The molecule has 1 aromatic heterocycles. The van der Waals surface area contributed by atoms with E-state index in [2.05, 4.69) is 5.32 Å². The number of hydrogen-bond acceptors (Lipinski definition) is 2. The molecule has 94 valence electrons. The first-order valence-electron chi connectivity index (χ1n) is 5.99. The van der Waals surface area contributed by atoms with Crippen LogP contribution in [-0.4, -0.2) is 0 Å². The maximum atomic E-state index is 13.6. The topological polar surface area (TPSA) is 12.0 Å². The molecule has 1 aromatic carbocycles. The Bertz CT molecular complexity index is 514. The van der Waals surface area contributed by atoms with E-state index in [1.807, 2.05) is 17.5 Å². The second-order valence-electron chi connectivity index (χ2n) is 4.57. The van der Waals surface area contributed by atoms with Gasteiger partial charge in [-0.15, -0.1) is 11.3 Å². The number of halogens is 2. The van der Waals surface area contributed by atoms with Gasteiger partial charge >= 0.3 is 0 Å². The van der Waals surface area contributed by atoms with Gasteiger partial charge in [-0.25, -0.2) is 8.78 Å². The van der Waals surface area contributed by atoms with Crippen molar-refractivity contribution in [3.05, 3.63) is 52.2 Å². The van der Waals surface area contributed by atoms with Crippen molar-refractivity contribution in [2.24, 2.45) is 5.92 Å². The molecule has 0 amide bonds. The van der Waals surface area contributed by atoms with Gasteiger partial charge in [0.1, 0.15) is 17.3 Å². The Balaban J connectivity index is 1.89. The summed E-state index contributed by atoms with van der Waals surface area (Å²) in [6.07, 6.45) is 2.23. The zero-order chi connectivity index (χ0) is 12.5. The molecular weight excluding hydrogens is 252 g/mol. The highest BCUT2D eigenvalue weighted by atomic mass is 32.1. The minimum Gasteiger partial charge on any atom is -0.372 e. The van der Waals surface area contributed by atoms with Gasteiger partial charge in [-0.1, -0.05) is 12.1 Å². The number of thiophene rings is 1. The van der Waals surface area contributed by atoms with Crippen LogP contribution in [0.4, 0.5) is 14.5 Å². The van der Waals surface area contributed by atoms with E-state index in [9.17, 15) is 8.78 Å². The summed E-state index contributed by atoms with van der Waals surface area (Å²) in [6.45, 7) is 0. The number of benzene rings is 1. The third kappa shape index (κ3) is 2.25. The van der Waals surface area contributed by atoms with Crippen molar-refractivity contribution in [1.82, 2.24) is 0 Å². The fourth-order valence-corrected chi connectivity index (χ4v) is 2.98. The van der Waals surface area contributed by atoms with E-state index in [4.69, 9.17) is 0 Å². The quantitative estimate of drug-likeness (QED) is 0.852. The molecule has 0 bridgehead atoms. The number of para-hydroxylation sites is 1. The van der Waals surface area contributed by atoms with Crippen LogP contribution in [-0.2, 0) is 0 Å². The van der Waals surface area contributed by atoms with Crippen molar-refractivity contribution in [3.8, 4) is 0 Å². The zero-order valence-electron chi connectivity index (χ0n) is 9.70. The van der Waals surface area contributed by atoms with Gasteiger partial charge in [0, 0.05) is 4.88 Å². The Kier molecular flexibility index (Phi) is 3.04. The molecule has 1 aliphatic rings. The molecule has 2 aromatic rings. The van der Waals surface area contributed by atoms with E-state index in [1.165, 1.54) is 18.2 Å². The van der Waals surface area contributed by atoms with E-state index in [-0.39, 0.29) is 11.7 Å². The van der Waals surface area contributed by atoms with E-state index in [0.29, 0.717) is 5.92 Å². The monoisotopic (exact) mass is 265 g/mol. The maximum Gasteiger partial charge on any atom is 0.149 e. The summed E-state index contributed by atoms with van der Waals surface area (Å²) in [5.41, 5.74) is -0.0113. The van der Waals surface area contributed by atoms with Crippen molar-refractivity contribution < 1.29 is 8.78 Å². The molecular formula is C14H13F2NS. The van der Waals surface area contributed by atoms with Gasteiger partial charge in [-0.05, 0) is 42.3 Å². The fourth-order valence-electron chi connectivity index (χ4n) is 2.11. The summed E-state index contributed by atoms with van der Waals surface area (Å²) in [4.78, 5) is 1.14. The van der Waals surface area contributed by atoms with Gasteiger partial charge in [0.05, 0.1) is 6.04 Å². The van der Waals surface area contributed by atoms with Crippen LogP contribution in [0.25, 0.3) is 0 Å². The maximum absolute atomic E-state index is 13.6. The fraction of sp³-hybridized carbons (Fsp3) is 0.286. The molecule has 1 N–H and O–H groups in total. The molecule has 1 nitrogen and oxygen atoms in total. The highest BCUT2D eigenvalue weighted by Gasteiger charge is 2.33. The van der Waals surface area contributed by atoms with E-state index in [0.717, 1.165) is 17.7 Å². The lowest BCUT2D eigenvalue weighted by Crippen LogP contribution is -2.13. The largest absolute Gasteiger partial charge is 0.372 e. The Hall–Kier alpha value is -1.42. The minimum atomic E-state index is -0.530. The minimum absolute atomic E-state index is 0.0113. The highest BCUT2D eigenvalue weighted by Crippen LogP contribution is 2.44. The molecule has 1 heterocycles. The lowest BCUT2D eigenvalue weighted by molar-refractivity contribution is 0.576. The molecule has 4 heteroatoms. The molecule has 1 saturated carbocycles. The predicted octanol–water partition coefficient (Wildman–Crippen LogP) is 4.59. The van der Waals surface area contributed by atoms with Crippen LogP contribution in [0.2, 0.25) is 0 Å². The summed E-state index contributed by atoms with van der Waals surface area (Å²) in [5.74, 6) is -0.572. The van der Waals surface area contributed by atoms with Crippen molar-refractivity contribution in [3.63, 3.8) is 0 Å². The average molecular weight is 265 g/mol. The SMILES string of the molecule is Fc1cccc(F)c1NC(c1cccs1)C1CC1. The molecule has 1 unspecified atom stereocenters. The number of rotatable bonds is 4. The molecule has 3 rings (SSSR count). The Morgan fingerprint density at radius 2 is 1.83 bits per heavy atom. The van der Waals surface area contributed by atoms with Crippen molar-refractivity contribution in [2.45, 2.75) is 18.9 Å². The van der Waals surface area contributed by atoms with E-state index >= 15 is 0 Å². The van der Waals surface area contributed by atoms with E-state index in [1.54, 1.807) is 11.3 Å². The molecule has 0 spiro atoms. The second-order valence-corrected chi connectivity index (χ2v) is 5.55. The van der Waals surface area contributed by atoms with Crippen LogP contribution >= 0.6 is 11.3 Å². The predicted molar refractivity (Wildman–Crippen MR) is 69.8 cm³/mol. The molecule has 0 radical (unpaired) electrons. The zero-order valence-corrected chi connectivity index (χ0v) is 10.5. The third-order valence-electron chi connectivity index (χ3n) is 3.21. The summed E-state index contributed by atoms with van der Waals surface area (Å²) < 4.78 is 27.3. The van der Waals surface area contributed by atoms with Gasteiger partial charge in [0.15, 0.2) is 0 Å². The van der Waals surface area contributed by atoms with Gasteiger partial charge in [0.25, 0.3) is 0 Å². The van der Waals surface area contributed by atoms with E-state index < -0.39 is 11.6 Å². The van der Waals surface area contributed by atoms with Crippen LogP contribution in [0.3, 0.4) is 0 Å². The van der Waals surface area contributed by atoms with Crippen molar-refractivity contribution in [1.29, 1.82) is 0 Å². The van der Waals surface area contributed by atoms with Crippen LogP contribution in [0.1, 0.15) is 23.8 Å². The Morgan fingerprint density at radius 3 is 2.39 bits per heavy atom. The normalized spacial score (nSPS) is 16.6. The summed E-state index contributed by atoms with van der Waals surface area (Å²) in [6, 6.07) is 7.95. The van der Waals surface area contributed by atoms with Gasteiger partial charge in [-0.3, -0.25) is 0 Å². The van der Waals surface area contributed by atoms with Crippen molar-refractivity contribution in [2.75, 3.05) is 5.32 Å². The summed E-state index contributed by atoms with van der Waals surface area (Å²) >= 11 is 1.62. The lowest BCUT2D eigenvalue weighted by Gasteiger charge is -2.19. The number of nitrogens with one attached hydrogen (secondary N) is 1. The first-order chi connectivity index (χ1) is 8.75. The third-order valence-corrected chi connectivity index (χ3v) is 4.16. The molecule has 0 saturated heterocycles. The summed E-state index contributed by atoms with van der Waals surface area (Å²) in [7, 11) is 0. The standard InChI is InChI=1S/C14H13F2NS/c15-10-3-1-4-11(16)14(10)17-13(9-6-7-9)12-5-2-8-18-12/h1-5,8-9,13,17H,6-7H2. The average Bonchev–Trinajstić information content (AvgIpc) is 3.04. The first kappa shape index (κ1) is 11.7. The number of hydrogen-bond donors (Lipinski definition) is 1. The molecule has 1 aliphatic carbocycles. The van der Waals surface area contributed by atoms with Crippen LogP contribution in [0, 0.1) is 17.6 Å². The molecule has 0 aliphatic heterocycles. The Labute approximate surface area is 108 Å². The molecule has 18 heavy (non-hydrogen) atoms. The van der Waals surface area contributed by atoms with Crippen molar-refractivity contribution >= 4 is 17.0 Å². The number of anilines is 1. The van der Waals surface area contributed by atoms with Crippen LogP contribution in [0.5, 0.6) is 0 Å². The second kappa shape index (κ2) is 4.69. The van der Waals surface area contributed by atoms with Gasteiger partial charge < -0.3 is 5.32 Å².